The lowest BCUT2D eigenvalue weighted by molar-refractivity contribution is 0.0466. The van der Waals surface area contributed by atoms with E-state index in [2.05, 4.69) is 0 Å². The molecule has 0 bridgehead atoms. The average molecular weight is 177 g/mol. The molecule has 0 aromatic rings. The highest BCUT2D eigenvalue weighted by Gasteiger charge is 2.30. The summed E-state index contributed by atoms with van der Waals surface area (Å²) in [5.41, 5.74) is -0.307. The molecule has 1 aliphatic carbocycles. The zero-order valence-electron chi connectivity index (χ0n) is 6.39. The van der Waals surface area contributed by atoms with Gasteiger partial charge in [-0.2, -0.15) is 0 Å². The van der Waals surface area contributed by atoms with Crippen LogP contribution < -0.4 is 0 Å². The van der Waals surface area contributed by atoms with Crippen LogP contribution in [0, 0.1) is 5.41 Å². The molecule has 0 atom stereocenters. The van der Waals surface area contributed by atoms with Crippen molar-refractivity contribution in [2.75, 3.05) is 13.2 Å². The first-order chi connectivity index (χ1) is 5.22. The van der Waals surface area contributed by atoms with Gasteiger partial charge < -0.3 is 10.2 Å². The Morgan fingerprint density at radius 3 is 2.45 bits per heavy atom. The van der Waals surface area contributed by atoms with Crippen LogP contribution in [0.5, 0.6) is 0 Å². The molecular weight excluding hydrogens is 164 g/mol. The Labute approximate surface area is 71.5 Å². The first kappa shape index (κ1) is 9.04. The molecule has 0 amide bonds. The minimum Gasteiger partial charge on any atom is -0.396 e. The summed E-state index contributed by atoms with van der Waals surface area (Å²) in [5, 5.41) is 18.8. The molecule has 1 rings (SSSR count). The molecular formula is C8H13ClO2. The van der Waals surface area contributed by atoms with Crippen molar-refractivity contribution in [2.24, 2.45) is 5.41 Å². The SMILES string of the molecule is OCC1(CO)CC=C(Cl)CC1. The summed E-state index contributed by atoms with van der Waals surface area (Å²) in [7, 11) is 0. The molecule has 0 saturated heterocycles. The van der Waals surface area contributed by atoms with E-state index in [0.29, 0.717) is 6.42 Å². The minimum absolute atomic E-state index is 0.0458. The molecule has 0 heterocycles. The van der Waals surface area contributed by atoms with Gasteiger partial charge in [-0.05, 0) is 19.3 Å². The van der Waals surface area contributed by atoms with Crippen LogP contribution in [0.1, 0.15) is 19.3 Å². The van der Waals surface area contributed by atoms with Crippen LogP contribution in [0.3, 0.4) is 0 Å². The summed E-state index contributed by atoms with van der Waals surface area (Å²) in [6.45, 7) is 0.0916. The van der Waals surface area contributed by atoms with Crippen LogP contribution in [-0.2, 0) is 0 Å². The Morgan fingerprint density at radius 2 is 2.09 bits per heavy atom. The lowest BCUT2D eigenvalue weighted by Crippen LogP contribution is -2.31. The Morgan fingerprint density at radius 1 is 1.45 bits per heavy atom. The first-order valence-corrected chi connectivity index (χ1v) is 4.16. The molecule has 2 nitrogen and oxygen atoms in total. The van der Waals surface area contributed by atoms with Gasteiger partial charge in [-0.1, -0.05) is 17.7 Å². The van der Waals surface area contributed by atoms with Gasteiger partial charge in [0, 0.05) is 10.4 Å². The van der Waals surface area contributed by atoms with Gasteiger partial charge in [-0.15, -0.1) is 0 Å². The number of aliphatic hydroxyl groups excluding tert-OH is 2. The van der Waals surface area contributed by atoms with Gasteiger partial charge in [-0.3, -0.25) is 0 Å². The largest absolute Gasteiger partial charge is 0.396 e. The van der Waals surface area contributed by atoms with Crippen molar-refractivity contribution in [3.05, 3.63) is 11.1 Å². The van der Waals surface area contributed by atoms with E-state index in [0.717, 1.165) is 17.9 Å². The second kappa shape index (κ2) is 3.57. The molecule has 0 saturated carbocycles. The molecule has 1 aliphatic rings. The summed E-state index contributed by atoms with van der Waals surface area (Å²) in [6.07, 6.45) is 4.15. The fourth-order valence-corrected chi connectivity index (χ4v) is 1.42. The lowest BCUT2D eigenvalue weighted by Gasteiger charge is -2.31. The van der Waals surface area contributed by atoms with Crippen LogP contribution in [0.25, 0.3) is 0 Å². The summed E-state index contributed by atoms with van der Waals surface area (Å²) < 4.78 is 0. The van der Waals surface area contributed by atoms with Crippen LogP contribution in [0.4, 0.5) is 0 Å². The van der Waals surface area contributed by atoms with E-state index >= 15 is 0 Å². The van der Waals surface area contributed by atoms with Gasteiger partial charge in [0.2, 0.25) is 0 Å². The highest BCUT2D eigenvalue weighted by molar-refractivity contribution is 6.29. The van der Waals surface area contributed by atoms with Crippen molar-refractivity contribution in [1.29, 1.82) is 0 Å². The number of hydrogen-bond acceptors (Lipinski definition) is 2. The Bertz CT molecular complexity index is 161. The molecule has 64 valence electrons. The molecule has 0 aromatic carbocycles. The Kier molecular flexibility index (Phi) is 2.93. The number of halogens is 1. The molecule has 0 fully saturated rings. The van der Waals surface area contributed by atoms with E-state index in [9.17, 15) is 0 Å². The van der Waals surface area contributed by atoms with Gasteiger partial charge >= 0.3 is 0 Å². The number of rotatable bonds is 2. The van der Waals surface area contributed by atoms with Gasteiger partial charge in [-0.25, -0.2) is 0 Å². The number of allylic oxidation sites excluding steroid dienone is 2. The normalized spacial score (nSPS) is 23.0. The quantitative estimate of drug-likeness (QED) is 0.665. The smallest absolute Gasteiger partial charge is 0.0512 e. The monoisotopic (exact) mass is 176 g/mol. The fraction of sp³-hybridized carbons (Fsp3) is 0.750. The number of aliphatic hydroxyl groups is 2. The van der Waals surface area contributed by atoms with Crippen molar-refractivity contribution in [2.45, 2.75) is 19.3 Å². The molecule has 0 spiro atoms. The standard InChI is InChI=1S/C8H13ClO2/c9-7-1-3-8(5-10,6-11)4-2-7/h1,10-11H,2-6H2. The van der Waals surface area contributed by atoms with Gasteiger partial charge in [0.05, 0.1) is 13.2 Å². The molecule has 2 N–H and O–H groups in total. The molecule has 11 heavy (non-hydrogen) atoms. The van der Waals surface area contributed by atoms with Crippen molar-refractivity contribution < 1.29 is 10.2 Å². The molecule has 0 aliphatic heterocycles. The summed E-state index contributed by atoms with van der Waals surface area (Å²) in [5.74, 6) is 0. The Balaban J connectivity index is 2.61. The van der Waals surface area contributed by atoms with Gasteiger partial charge in [0.25, 0.3) is 0 Å². The highest BCUT2D eigenvalue weighted by Crippen LogP contribution is 2.35. The molecule has 0 unspecified atom stereocenters. The maximum atomic E-state index is 9.00. The van der Waals surface area contributed by atoms with Gasteiger partial charge in [0.15, 0.2) is 0 Å². The maximum Gasteiger partial charge on any atom is 0.0512 e. The zero-order valence-corrected chi connectivity index (χ0v) is 7.14. The average Bonchev–Trinajstić information content (AvgIpc) is 2.07. The van der Waals surface area contributed by atoms with E-state index in [1.807, 2.05) is 6.08 Å². The van der Waals surface area contributed by atoms with Crippen LogP contribution in [0.2, 0.25) is 0 Å². The van der Waals surface area contributed by atoms with Crippen LogP contribution in [0.15, 0.2) is 11.1 Å². The zero-order chi connectivity index (χ0) is 8.32. The lowest BCUT2D eigenvalue weighted by atomic mass is 9.78. The van der Waals surface area contributed by atoms with E-state index in [1.165, 1.54) is 0 Å². The number of hydrogen-bond donors (Lipinski definition) is 2. The summed E-state index contributed by atoms with van der Waals surface area (Å²) in [4.78, 5) is 0. The molecule has 3 heteroatoms. The van der Waals surface area contributed by atoms with Crippen molar-refractivity contribution in [1.82, 2.24) is 0 Å². The molecule has 0 aromatic heterocycles. The van der Waals surface area contributed by atoms with Crippen LogP contribution in [-0.4, -0.2) is 23.4 Å². The Hall–Kier alpha value is -0.0500. The van der Waals surface area contributed by atoms with Crippen LogP contribution >= 0.6 is 11.6 Å². The van der Waals surface area contributed by atoms with Crippen molar-refractivity contribution in [3.63, 3.8) is 0 Å². The second-order valence-corrected chi connectivity index (χ2v) is 3.66. The second-order valence-electron chi connectivity index (χ2n) is 3.17. The summed E-state index contributed by atoms with van der Waals surface area (Å²) >= 11 is 5.76. The fourth-order valence-electron chi connectivity index (χ4n) is 1.25. The predicted octanol–water partition coefficient (Wildman–Crippen LogP) is 1.26. The maximum absolute atomic E-state index is 9.00. The van der Waals surface area contributed by atoms with E-state index in [1.54, 1.807) is 0 Å². The highest BCUT2D eigenvalue weighted by atomic mass is 35.5. The van der Waals surface area contributed by atoms with Crippen molar-refractivity contribution >= 4 is 11.6 Å². The van der Waals surface area contributed by atoms with E-state index in [-0.39, 0.29) is 18.6 Å². The molecule has 0 radical (unpaired) electrons. The van der Waals surface area contributed by atoms with E-state index < -0.39 is 0 Å². The predicted molar refractivity (Wildman–Crippen MR) is 44.4 cm³/mol. The third kappa shape index (κ3) is 1.95. The van der Waals surface area contributed by atoms with Gasteiger partial charge in [0.1, 0.15) is 0 Å². The summed E-state index contributed by atoms with van der Waals surface area (Å²) in [6, 6.07) is 0. The third-order valence-corrected chi connectivity index (χ3v) is 2.66. The minimum atomic E-state index is -0.307. The first-order valence-electron chi connectivity index (χ1n) is 3.79. The topological polar surface area (TPSA) is 40.5 Å². The van der Waals surface area contributed by atoms with Crippen molar-refractivity contribution in [3.8, 4) is 0 Å². The third-order valence-electron chi connectivity index (χ3n) is 2.32. The van der Waals surface area contributed by atoms with E-state index in [4.69, 9.17) is 21.8 Å².